The highest BCUT2D eigenvalue weighted by molar-refractivity contribution is 6.30. The third kappa shape index (κ3) is 3.76. The summed E-state index contributed by atoms with van der Waals surface area (Å²) in [7, 11) is 1.64. The smallest absolute Gasteiger partial charge is 0.161 e. The molecule has 0 N–H and O–H groups in total. The SMILES string of the molecule is COc1ccccc1OCc1nc2ccccc2n1Cc1ccc(Cl)cc1. The average Bonchev–Trinajstić information content (AvgIpc) is 3.06. The highest BCUT2D eigenvalue weighted by Gasteiger charge is 2.13. The maximum Gasteiger partial charge on any atom is 0.161 e. The van der Waals surface area contributed by atoms with E-state index in [2.05, 4.69) is 10.6 Å². The van der Waals surface area contributed by atoms with Crippen molar-refractivity contribution in [1.29, 1.82) is 0 Å². The maximum absolute atomic E-state index is 6.01. The molecule has 136 valence electrons. The lowest BCUT2D eigenvalue weighted by molar-refractivity contribution is 0.273. The molecule has 0 aliphatic carbocycles. The second kappa shape index (κ2) is 7.72. The lowest BCUT2D eigenvalue weighted by Gasteiger charge is -2.12. The Labute approximate surface area is 162 Å². The van der Waals surface area contributed by atoms with Gasteiger partial charge >= 0.3 is 0 Å². The number of ether oxygens (including phenoxy) is 2. The molecule has 0 atom stereocenters. The van der Waals surface area contributed by atoms with Gasteiger partial charge in [-0.3, -0.25) is 0 Å². The van der Waals surface area contributed by atoms with Gasteiger partial charge in [-0.25, -0.2) is 4.98 Å². The summed E-state index contributed by atoms with van der Waals surface area (Å²) in [6, 6.07) is 23.6. The van der Waals surface area contributed by atoms with Crippen LogP contribution in [-0.4, -0.2) is 16.7 Å². The first kappa shape index (κ1) is 17.4. The Balaban J connectivity index is 1.66. The maximum atomic E-state index is 6.01. The van der Waals surface area contributed by atoms with Crippen LogP contribution in [-0.2, 0) is 13.2 Å². The van der Waals surface area contributed by atoms with Gasteiger partial charge in [0, 0.05) is 11.6 Å². The lowest BCUT2D eigenvalue weighted by atomic mass is 10.2. The van der Waals surface area contributed by atoms with Gasteiger partial charge in [0.25, 0.3) is 0 Å². The summed E-state index contributed by atoms with van der Waals surface area (Å²) < 4.78 is 13.6. The van der Waals surface area contributed by atoms with Gasteiger partial charge in [-0.05, 0) is 42.0 Å². The van der Waals surface area contributed by atoms with E-state index in [1.807, 2.05) is 66.7 Å². The number of fused-ring (bicyclic) bond motifs is 1. The first-order chi connectivity index (χ1) is 13.2. The molecule has 1 aromatic heterocycles. The highest BCUT2D eigenvalue weighted by Crippen LogP contribution is 2.27. The summed E-state index contributed by atoms with van der Waals surface area (Å²) in [6.45, 7) is 1.05. The number of aromatic nitrogens is 2. The van der Waals surface area contributed by atoms with E-state index in [1.54, 1.807) is 7.11 Å². The third-order valence-electron chi connectivity index (χ3n) is 4.41. The largest absolute Gasteiger partial charge is 0.493 e. The molecule has 0 bridgehead atoms. The Morgan fingerprint density at radius 2 is 1.59 bits per heavy atom. The number of rotatable bonds is 6. The van der Waals surface area contributed by atoms with E-state index in [9.17, 15) is 0 Å². The minimum absolute atomic E-state index is 0.350. The van der Waals surface area contributed by atoms with Crippen molar-refractivity contribution in [3.63, 3.8) is 0 Å². The van der Waals surface area contributed by atoms with E-state index in [0.29, 0.717) is 24.7 Å². The van der Waals surface area contributed by atoms with Crippen LogP contribution in [0.2, 0.25) is 5.02 Å². The van der Waals surface area contributed by atoms with Crippen LogP contribution in [0.15, 0.2) is 72.8 Å². The van der Waals surface area contributed by atoms with E-state index in [0.717, 1.165) is 27.4 Å². The molecule has 0 aliphatic heterocycles. The van der Waals surface area contributed by atoms with Gasteiger partial charge in [0.05, 0.1) is 18.1 Å². The van der Waals surface area contributed by atoms with Crippen LogP contribution in [0.4, 0.5) is 0 Å². The van der Waals surface area contributed by atoms with E-state index < -0.39 is 0 Å². The Hall–Kier alpha value is -2.98. The van der Waals surface area contributed by atoms with Crippen LogP contribution >= 0.6 is 11.6 Å². The molecule has 0 fully saturated rings. The topological polar surface area (TPSA) is 36.3 Å². The number of hydrogen-bond donors (Lipinski definition) is 0. The van der Waals surface area contributed by atoms with E-state index >= 15 is 0 Å². The van der Waals surface area contributed by atoms with E-state index in [1.165, 1.54) is 0 Å². The standard InChI is InChI=1S/C22H19ClN2O2/c1-26-20-8-4-5-9-21(20)27-15-22-24-18-6-2-3-7-19(18)25(22)14-16-10-12-17(23)13-11-16/h2-13H,14-15H2,1H3. The fourth-order valence-corrected chi connectivity index (χ4v) is 3.19. The Kier molecular flexibility index (Phi) is 4.99. The summed E-state index contributed by atoms with van der Waals surface area (Å²) in [5, 5.41) is 0.731. The number of methoxy groups -OCH3 is 1. The molecule has 5 heteroatoms. The van der Waals surface area contributed by atoms with Gasteiger partial charge in [-0.15, -0.1) is 0 Å². The summed E-state index contributed by atoms with van der Waals surface area (Å²) in [6.07, 6.45) is 0. The Morgan fingerprint density at radius 3 is 2.37 bits per heavy atom. The van der Waals surface area contributed by atoms with Gasteiger partial charge in [-0.1, -0.05) is 48.0 Å². The molecule has 3 aromatic carbocycles. The fourth-order valence-electron chi connectivity index (χ4n) is 3.06. The predicted molar refractivity (Wildman–Crippen MR) is 108 cm³/mol. The first-order valence-corrected chi connectivity index (χ1v) is 9.07. The van der Waals surface area contributed by atoms with Crippen LogP contribution in [0.25, 0.3) is 11.0 Å². The monoisotopic (exact) mass is 378 g/mol. The number of halogens is 1. The molecular weight excluding hydrogens is 360 g/mol. The predicted octanol–water partition coefficient (Wildman–Crippen LogP) is 5.33. The van der Waals surface area contributed by atoms with Crippen LogP contribution < -0.4 is 9.47 Å². The number of para-hydroxylation sites is 4. The van der Waals surface area contributed by atoms with E-state index in [-0.39, 0.29) is 0 Å². The second-order valence-electron chi connectivity index (χ2n) is 6.17. The van der Waals surface area contributed by atoms with Crippen molar-refractivity contribution >= 4 is 22.6 Å². The minimum Gasteiger partial charge on any atom is -0.493 e. The molecule has 0 aliphatic rings. The fraction of sp³-hybridized carbons (Fsp3) is 0.136. The zero-order chi connectivity index (χ0) is 18.6. The van der Waals surface area contributed by atoms with Crippen molar-refractivity contribution in [1.82, 2.24) is 9.55 Å². The van der Waals surface area contributed by atoms with Crippen molar-refractivity contribution in [3.05, 3.63) is 89.2 Å². The molecule has 0 unspecified atom stereocenters. The summed E-state index contributed by atoms with van der Waals surface area (Å²) in [4.78, 5) is 4.77. The molecule has 4 aromatic rings. The zero-order valence-corrected chi connectivity index (χ0v) is 15.7. The zero-order valence-electron chi connectivity index (χ0n) is 14.9. The van der Waals surface area contributed by atoms with Crippen molar-refractivity contribution < 1.29 is 9.47 Å². The second-order valence-corrected chi connectivity index (χ2v) is 6.61. The van der Waals surface area contributed by atoms with Crippen molar-refractivity contribution in [2.45, 2.75) is 13.2 Å². The normalized spacial score (nSPS) is 10.9. The van der Waals surface area contributed by atoms with Gasteiger partial charge in [0.15, 0.2) is 11.5 Å². The number of nitrogens with zero attached hydrogens (tertiary/aromatic N) is 2. The summed E-state index contributed by atoms with van der Waals surface area (Å²) >= 11 is 6.01. The number of benzene rings is 3. The van der Waals surface area contributed by atoms with Crippen molar-refractivity contribution in [3.8, 4) is 11.5 Å². The average molecular weight is 379 g/mol. The van der Waals surface area contributed by atoms with Gasteiger partial charge in [0.2, 0.25) is 0 Å². The lowest BCUT2D eigenvalue weighted by Crippen LogP contribution is -2.08. The summed E-state index contributed by atoms with van der Waals surface area (Å²) in [5.74, 6) is 2.26. The first-order valence-electron chi connectivity index (χ1n) is 8.69. The van der Waals surface area contributed by atoms with Gasteiger partial charge in [-0.2, -0.15) is 0 Å². The molecule has 0 saturated heterocycles. The highest BCUT2D eigenvalue weighted by atomic mass is 35.5. The van der Waals surface area contributed by atoms with Crippen LogP contribution in [0, 0.1) is 0 Å². The minimum atomic E-state index is 0.350. The van der Waals surface area contributed by atoms with Crippen molar-refractivity contribution in [2.75, 3.05) is 7.11 Å². The molecule has 0 radical (unpaired) electrons. The van der Waals surface area contributed by atoms with Gasteiger partial charge in [0.1, 0.15) is 12.4 Å². The molecule has 1 heterocycles. The number of hydrogen-bond acceptors (Lipinski definition) is 3. The van der Waals surface area contributed by atoms with Gasteiger partial charge < -0.3 is 14.0 Å². The van der Waals surface area contributed by atoms with Crippen LogP contribution in [0.5, 0.6) is 11.5 Å². The van der Waals surface area contributed by atoms with Crippen LogP contribution in [0.1, 0.15) is 11.4 Å². The molecule has 4 nitrogen and oxygen atoms in total. The Bertz CT molecular complexity index is 1060. The summed E-state index contributed by atoms with van der Waals surface area (Å²) in [5.41, 5.74) is 3.18. The van der Waals surface area contributed by atoms with E-state index in [4.69, 9.17) is 26.1 Å². The number of imidazole rings is 1. The quantitative estimate of drug-likeness (QED) is 0.455. The molecule has 0 saturated carbocycles. The Morgan fingerprint density at radius 1 is 0.889 bits per heavy atom. The molecule has 0 spiro atoms. The molecule has 0 amide bonds. The molecule has 4 rings (SSSR count). The van der Waals surface area contributed by atoms with Crippen LogP contribution in [0.3, 0.4) is 0 Å². The molecular formula is C22H19ClN2O2. The van der Waals surface area contributed by atoms with Crippen molar-refractivity contribution in [2.24, 2.45) is 0 Å². The molecule has 27 heavy (non-hydrogen) atoms. The third-order valence-corrected chi connectivity index (χ3v) is 4.67.